The zero-order chi connectivity index (χ0) is 16.6. The summed E-state index contributed by atoms with van der Waals surface area (Å²) in [5.74, 6) is -0.393. The van der Waals surface area contributed by atoms with Crippen molar-refractivity contribution in [1.29, 1.82) is 0 Å². The Morgan fingerprint density at radius 3 is 2.10 bits per heavy atom. The molecule has 1 amide bonds. The predicted molar refractivity (Wildman–Crippen MR) is 84.0 cm³/mol. The normalized spacial score (nSPS) is 24.6. The van der Waals surface area contributed by atoms with Gasteiger partial charge in [-0.05, 0) is 47.6 Å². The van der Waals surface area contributed by atoms with Crippen molar-refractivity contribution in [2.45, 2.75) is 77.6 Å². The average Bonchev–Trinajstić information content (AvgIpc) is 2.34. The maximum absolute atomic E-state index is 12.2. The lowest BCUT2D eigenvalue weighted by Crippen LogP contribution is -2.63. The van der Waals surface area contributed by atoms with Gasteiger partial charge in [0.25, 0.3) is 0 Å². The number of piperidine rings is 1. The summed E-state index contributed by atoms with van der Waals surface area (Å²) in [6.45, 7) is 11.8. The molecule has 1 heterocycles. The van der Waals surface area contributed by atoms with Gasteiger partial charge in [0, 0.05) is 22.5 Å². The number of nitrogens with one attached hydrogen (secondary N) is 1. The highest BCUT2D eigenvalue weighted by Crippen LogP contribution is 2.37. The van der Waals surface area contributed by atoms with Crippen LogP contribution in [0.4, 0.5) is 0 Å². The van der Waals surface area contributed by atoms with Crippen LogP contribution in [-0.4, -0.2) is 57.9 Å². The summed E-state index contributed by atoms with van der Waals surface area (Å²) in [5.41, 5.74) is -0.866. The van der Waals surface area contributed by atoms with Gasteiger partial charge in [-0.15, -0.1) is 0 Å². The van der Waals surface area contributed by atoms with Gasteiger partial charge in [0.05, 0.1) is 6.61 Å². The number of aliphatic hydroxyl groups excluding tert-OH is 2. The van der Waals surface area contributed by atoms with Gasteiger partial charge < -0.3 is 15.5 Å². The Morgan fingerprint density at radius 2 is 1.71 bits per heavy atom. The van der Waals surface area contributed by atoms with E-state index in [9.17, 15) is 15.0 Å². The molecular weight excluding hydrogens is 268 g/mol. The average molecular weight is 300 g/mol. The smallest absolute Gasteiger partial charge is 0.249 e. The van der Waals surface area contributed by atoms with Crippen LogP contribution < -0.4 is 5.32 Å². The minimum absolute atomic E-state index is 0.0167. The molecule has 0 radical (unpaired) electrons. The molecule has 1 rings (SSSR count). The van der Waals surface area contributed by atoms with E-state index in [1.54, 1.807) is 13.8 Å². The van der Waals surface area contributed by atoms with Crippen LogP contribution in [0.3, 0.4) is 0 Å². The molecule has 0 aromatic carbocycles. The molecule has 0 saturated carbocycles. The highest BCUT2D eigenvalue weighted by molar-refractivity contribution is 5.81. The van der Waals surface area contributed by atoms with Crippen molar-refractivity contribution in [3.8, 4) is 0 Å². The van der Waals surface area contributed by atoms with E-state index in [1.807, 2.05) is 0 Å². The fourth-order valence-electron chi connectivity index (χ4n) is 3.19. The quantitative estimate of drug-likeness (QED) is 0.728. The topological polar surface area (TPSA) is 72.8 Å². The Labute approximate surface area is 128 Å². The first kappa shape index (κ1) is 18.4. The summed E-state index contributed by atoms with van der Waals surface area (Å²) in [7, 11) is 2.11. The maximum atomic E-state index is 12.2. The zero-order valence-corrected chi connectivity index (χ0v) is 14.5. The Kier molecular flexibility index (Phi) is 5.13. The van der Waals surface area contributed by atoms with Gasteiger partial charge in [-0.3, -0.25) is 9.69 Å². The van der Waals surface area contributed by atoms with Gasteiger partial charge >= 0.3 is 0 Å². The number of aliphatic hydroxyl groups is 2. The van der Waals surface area contributed by atoms with Gasteiger partial charge in [0.1, 0.15) is 6.10 Å². The molecule has 0 bridgehead atoms. The maximum Gasteiger partial charge on any atom is 0.249 e. The molecule has 21 heavy (non-hydrogen) atoms. The van der Waals surface area contributed by atoms with Crippen LogP contribution in [0.1, 0.15) is 54.4 Å². The summed E-state index contributed by atoms with van der Waals surface area (Å²) in [4.78, 5) is 14.6. The van der Waals surface area contributed by atoms with Crippen LogP contribution >= 0.6 is 0 Å². The third-order valence-electron chi connectivity index (χ3n) is 5.05. The third kappa shape index (κ3) is 3.96. The Morgan fingerprint density at radius 1 is 1.29 bits per heavy atom. The molecule has 0 aliphatic carbocycles. The molecule has 5 heteroatoms. The molecule has 1 saturated heterocycles. The van der Waals surface area contributed by atoms with Crippen LogP contribution in [0.15, 0.2) is 0 Å². The van der Waals surface area contributed by atoms with Crippen molar-refractivity contribution in [2.24, 2.45) is 5.41 Å². The van der Waals surface area contributed by atoms with Crippen LogP contribution in [0.25, 0.3) is 0 Å². The number of hydrogen-bond acceptors (Lipinski definition) is 4. The minimum atomic E-state index is -1.20. The van der Waals surface area contributed by atoms with Crippen LogP contribution in [0.5, 0.6) is 0 Å². The van der Waals surface area contributed by atoms with Gasteiger partial charge in [0.15, 0.2) is 0 Å². The van der Waals surface area contributed by atoms with Crippen LogP contribution in [-0.2, 0) is 4.79 Å². The summed E-state index contributed by atoms with van der Waals surface area (Å²) in [5, 5.41) is 22.3. The largest absolute Gasteiger partial charge is 0.396 e. The highest BCUT2D eigenvalue weighted by atomic mass is 16.3. The first-order valence-electron chi connectivity index (χ1n) is 7.67. The minimum Gasteiger partial charge on any atom is -0.396 e. The van der Waals surface area contributed by atoms with Crippen molar-refractivity contribution in [3.05, 3.63) is 0 Å². The second-order valence-electron chi connectivity index (χ2n) is 8.35. The summed E-state index contributed by atoms with van der Waals surface area (Å²) < 4.78 is 0. The van der Waals surface area contributed by atoms with Gasteiger partial charge in [-0.1, -0.05) is 13.8 Å². The van der Waals surface area contributed by atoms with Crippen molar-refractivity contribution < 1.29 is 15.0 Å². The molecular formula is C16H32N2O3. The fourth-order valence-corrected chi connectivity index (χ4v) is 3.19. The van der Waals surface area contributed by atoms with E-state index < -0.39 is 17.4 Å². The molecule has 1 unspecified atom stereocenters. The Hall–Kier alpha value is -0.650. The zero-order valence-electron chi connectivity index (χ0n) is 14.5. The van der Waals surface area contributed by atoms with E-state index in [4.69, 9.17) is 0 Å². The van der Waals surface area contributed by atoms with E-state index in [2.05, 4.69) is 45.0 Å². The van der Waals surface area contributed by atoms with Crippen molar-refractivity contribution in [2.75, 3.05) is 13.7 Å². The summed E-state index contributed by atoms with van der Waals surface area (Å²) in [6.07, 6.45) is 0.476. The first-order chi connectivity index (χ1) is 9.33. The van der Waals surface area contributed by atoms with Crippen molar-refractivity contribution in [3.63, 3.8) is 0 Å². The van der Waals surface area contributed by atoms with Gasteiger partial charge in [-0.25, -0.2) is 0 Å². The third-order valence-corrected chi connectivity index (χ3v) is 5.05. The predicted octanol–water partition coefficient (Wildman–Crippen LogP) is 1.13. The second kappa shape index (κ2) is 5.86. The van der Waals surface area contributed by atoms with Gasteiger partial charge in [-0.2, -0.15) is 0 Å². The summed E-state index contributed by atoms with van der Waals surface area (Å²) in [6, 6.07) is 0.0304. The molecule has 1 fully saturated rings. The lowest BCUT2D eigenvalue weighted by Gasteiger charge is -2.53. The van der Waals surface area contributed by atoms with E-state index in [1.165, 1.54) is 0 Å². The molecule has 0 aromatic heterocycles. The SMILES string of the molecule is CN1C(C)(C)CC(NC(=O)C(O)C(C)(C)CO)CC1(C)C. The number of rotatable bonds is 4. The second-order valence-corrected chi connectivity index (χ2v) is 8.35. The molecule has 0 spiro atoms. The first-order valence-corrected chi connectivity index (χ1v) is 7.67. The molecule has 1 aliphatic heterocycles. The number of carbonyl (C=O) groups excluding carboxylic acids is 1. The molecule has 1 aliphatic rings. The monoisotopic (exact) mass is 300 g/mol. The number of hydrogen-bond donors (Lipinski definition) is 3. The number of nitrogens with zero attached hydrogens (tertiary/aromatic N) is 1. The van der Waals surface area contributed by atoms with Crippen LogP contribution in [0, 0.1) is 5.41 Å². The fraction of sp³-hybridized carbons (Fsp3) is 0.938. The van der Waals surface area contributed by atoms with E-state index in [-0.39, 0.29) is 23.7 Å². The lowest BCUT2D eigenvalue weighted by atomic mass is 9.77. The number of likely N-dealkylation sites (tertiary alicyclic amines) is 1. The standard InChI is InChI=1S/C16H32N2O3/c1-14(2,10-19)12(20)13(21)17-11-8-15(3,4)18(7)16(5,6)9-11/h11-12,19-20H,8-10H2,1-7H3,(H,17,21). The molecule has 124 valence electrons. The molecule has 5 nitrogen and oxygen atoms in total. The van der Waals surface area contributed by atoms with E-state index in [0.717, 1.165) is 12.8 Å². The molecule has 0 aromatic rings. The van der Waals surface area contributed by atoms with E-state index >= 15 is 0 Å². The molecule has 3 N–H and O–H groups in total. The van der Waals surface area contributed by atoms with Crippen LogP contribution in [0.2, 0.25) is 0 Å². The Bertz CT molecular complexity index is 373. The van der Waals surface area contributed by atoms with Crippen molar-refractivity contribution >= 4 is 5.91 Å². The van der Waals surface area contributed by atoms with Crippen molar-refractivity contribution in [1.82, 2.24) is 10.2 Å². The Balaban J connectivity index is 2.78. The number of carbonyl (C=O) groups is 1. The van der Waals surface area contributed by atoms with E-state index in [0.29, 0.717) is 0 Å². The lowest BCUT2D eigenvalue weighted by molar-refractivity contribution is -0.139. The van der Waals surface area contributed by atoms with Gasteiger partial charge in [0.2, 0.25) is 5.91 Å². The number of amides is 1. The highest BCUT2D eigenvalue weighted by Gasteiger charge is 2.44. The molecule has 1 atom stereocenters. The summed E-state index contributed by atoms with van der Waals surface area (Å²) >= 11 is 0.